The van der Waals surface area contributed by atoms with E-state index in [2.05, 4.69) is 5.10 Å². The summed E-state index contributed by atoms with van der Waals surface area (Å²) in [6.45, 7) is 2.35. The van der Waals surface area contributed by atoms with E-state index < -0.39 is 0 Å². The highest BCUT2D eigenvalue weighted by Gasteiger charge is 2.26. The molecule has 0 saturated carbocycles. The first kappa shape index (κ1) is 17.8. The molecule has 1 saturated heterocycles. The van der Waals surface area contributed by atoms with Gasteiger partial charge in [-0.05, 0) is 41.5 Å². The normalized spacial score (nSPS) is 17.1. The number of carbonyl (C=O) groups excluding carboxylic acids is 1. The van der Waals surface area contributed by atoms with Gasteiger partial charge in [0.1, 0.15) is 6.10 Å². The SMILES string of the molecule is O=C(c1ccc(Cn2cccn2)cc1)N1CCOC(c2ccc(Cl)cc2)C1. The van der Waals surface area contributed by atoms with E-state index in [9.17, 15) is 4.79 Å². The largest absolute Gasteiger partial charge is 0.370 e. The van der Waals surface area contributed by atoms with Gasteiger partial charge in [0.15, 0.2) is 0 Å². The fourth-order valence-corrected chi connectivity index (χ4v) is 3.36. The number of ether oxygens (including phenoxy) is 1. The predicted octanol–water partition coefficient (Wildman–Crippen LogP) is 3.80. The van der Waals surface area contributed by atoms with Crippen molar-refractivity contribution in [1.29, 1.82) is 0 Å². The quantitative estimate of drug-likeness (QED) is 0.690. The number of rotatable bonds is 4. The molecule has 5 nitrogen and oxygen atoms in total. The first-order valence-electron chi connectivity index (χ1n) is 8.92. The molecule has 2 aromatic carbocycles. The maximum absolute atomic E-state index is 12.9. The van der Waals surface area contributed by atoms with E-state index in [4.69, 9.17) is 16.3 Å². The van der Waals surface area contributed by atoms with Crippen LogP contribution in [0.3, 0.4) is 0 Å². The van der Waals surface area contributed by atoms with Crippen molar-refractivity contribution in [1.82, 2.24) is 14.7 Å². The number of benzene rings is 2. The highest BCUT2D eigenvalue weighted by molar-refractivity contribution is 6.30. The number of hydrogen-bond acceptors (Lipinski definition) is 3. The Morgan fingerprint density at radius 3 is 2.63 bits per heavy atom. The van der Waals surface area contributed by atoms with Crippen LogP contribution in [0.4, 0.5) is 0 Å². The highest BCUT2D eigenvalue weighted by Crippen LogP contribution is 2.24. The van der Waals surface area contributed by atoms with Gasteiger partial charge in [-0.25, -0.2) is 0 Å². The van der Waals surface area contributed by atoms with Crippen molar-refractivity contribution in [3.8, 4) is 0 Å². The van der Waals surface area contributed by atoms with Gasteiger partial charge in [0.05, 0.1) is 19.7 Å². The van der Waals surface area contributed by atoms with Gasteiger partial charge >= 0.3 is 0 Å². The van der Waals surface area contributed by atoms with E-state index in [1.807, 2.05) is 70.4 Å². The zero-order valence-corrected chi connectivity index (χ0v) is 15.5. The molecular weight excluding hydrogens is 362 g/mol. The topological polar surface area (TPSA) is 47.4 Å². The molecule has 4 rings (SSSR count). The third-order valence-electron chi connectivity index (χ3n) is 4.70. The van der Waals surface area contributed by atoms with Gasteiger partial charge in [-0.1, -0.05) is 35.9 Å². The summed E-state index contributed by atoms with van der Waals surface area (Å²) in [4.78, 5) is 14.7. The first-order valence-corrected chi connectivity index (χ1v) is 9.29. The summed E-state index contributed by atoms with van der Waals surface area (Å²) in [5, 5.41) is 4.90. The van der Waals surface area contributed by atoms with Gasteiger partial charge in [0, 0.05) is 29.5 Å². The fraction of sp³-hybridized carbons (Fsp3) is 0.238. The second-order valence-corrected chi connectivity index (χ2v) is 7.00. The maximum Gasteiger partial charge on any atom is 0.254 e. The summed E-state index contributed by atoms with van der Waals surface area (Å²) in [6.07, 6.45) is 3.55. The number of amides is 1. The van der Waals surface area contributed by atoms with Crippen molar-refractivity contribution in [2.24, 2.45) is 0 Å². The van der Waals surface area contributed by atoms with Crippen molar-refractivity contribution < 1.29 is 9.53 Å². The highest BCUT2D eigenvalue weighted by atomic mass is 35.5. The second kappa shape index (κ2) is 7.94. The molecule has 2 heterocycles. The number of morpholine rings is 1. The van der Waals surface area contributed by atoms with Gasteiger partial charge in [-0.2, -0.15) is 5.10 Å². The van der Waals surface area contributed by atoms with Crippen LogP contribution in [0.25, 0.3) is 0 Å². The van der Waals surface area contributed by atoms with Crippen LogP contribution in [0, 0.1) is 0 Å². The Morgan fingerprint density at radius 2 is 1.93 bits per heavy atom. The van der Waals surface area contributed by atoms with E-state index >= 15 is 0 Å². The lowest BCUT2D eigenvalue weighted by Gasteiger charge is -2.33. The monoisotopic (exact) mass is 381 g/mol. The minimum Gasteiger partial charge on any atom is -0.370 e. The van der Waals surface area contributed by atoms with Crippen LogP contribution in [0.2, 0.25) is 5.02 Å². The lowest BCUT2D eigenvalue weighted by molar-refractivity contribution is -0.0228. The Kier molecular flexibility index (Phi) is 5.23. The third kappa shape index (κ3) is 4.21. The summed E-state index contributed by atoms with van der Waals surface area (Å²) in [5.74, 6) is 0.0305. The number of hydrogen-bond donors (Lipinski definition) is 0. The summed E-state index contributed by atoms with van der Waals surface area (Å²) < 4.78 is 7.71. The lowest BCUT2D eigenvalue weighted by Crippen LogP contribution is -2.42. The summed E-state index contributed by atoms with van der Waals surface area (Å²) in [7, 11) is 0. The standard InChI is InChI=1S/C21H20ClN3O2/c22-19-8-6-17(7-9-19)20-15-24(12-13-27-20)21(26)18-4-2-16(3-5-18)14-25-11-1-10-23-25/h1-11,20H,12-15H2. The lowest BCUT2D eigenvalue weighted by atomic mass is 10.1. The van der Waals surface area contributed by atoms with Crippen LogP contribution in [0.15, 0.2) is 67.0 Å². The number of carbonyl (C=O) groups is 1. The van der Waals surface area contributed by atoms with E-state index in [-0.39, 0.29) is 12.0 Å². The van der Waals surface area contributed by atoms with Crippen LogP contribution in [-0.4, -0.2) is 40.3 Å². The molecule has 1 unspecified atom stereocenters. The van der Waals surface area contributed by atoms with Crippen molar-refractivity contribution in [2.45, 2.75) is 12.6 Å². The first-order chi connectivity index (χ1) is 13.2. The molecule has 6 heteroatoms. The van der Waals surface area contributed by atoms with Crippen LogP contribution in [0.1, 0.15) is 27.6 Å². The Morgan fingerprint density at radius 1 is 1.15 bits per heavy atom. The van der Waals surface area contributed by atoms with Gasteiger partial charge in [0.25, 0.3) is 5.91 Å². The molecule has 3 aromatic rings. The molecule has 0 radical (unpaired) electrons. The number of nitrogens with zero attached hydrogens (tertiary/aromatic N) is 3. The minimum absolute atomic E-state index is 0.0305. The van der Waals surface area contributed by atoms with Crippen molar-refractivity contribution in [3.63, 3.8) is 0 Å². The Labute approximate surface area is 163 Å². The van der Waals surface area contributed by atoms with Gasteiger partial charge < -0.3 is 9.64 Å². The van der Waals surface area contributed by atoms with E-state index in [1.54, 1.807) is 6.20 Å². The van der Waals surface area contributed by atoms with Gasteiger partial charge in [0.2, 0.25) is 0 Å². The molecule has 0 N–H and O–H groups in total. The van der Waals surface area contributed by atoms with E-state index in [0.717, 1.165) is 11.1 Å². The second-order valence-electron chi connectivity index (χ2n) is 6.56. The zero-order valence-electron chi connectivity index (χ0n) is 14.8. The molecule has 1 amide bonds. The molecule has 0 spiro atoms. The van der Waals surface area contributed by atoms with Gasteiger partial charge in [-0.3, -0.25) is 9.48 Å². The molecule has 1 aliphatic rings. The Bertz CT molecular complexity index is 892. The van der Waals surface area contributed by atoms with Crippen LogP contribution in [0.5, 0.6) is 0 Å². The third-order valence-corrected chi connectivity index (χ3v) is 4.95. The maximum atomic E-state index is 12.9. The average Bonchev–Trinajstić information content (AvgIpc) is 3.22. The fourth-order valence-electron chi connectivity index (χ4n) is 3.23. The summed E-state index contributed by atoms with van der Waals surface area (Å²) in [6, 6.07) is 17.2. The Hall–Kier alpha value is -2.63. The molecule has 0 bridgehead atoms. The van der Waals surface area contributed by atoms with E-state index in [0.29, 0.717) is 36.8 Å². The van der Waals surface area contributed by atoms with E-state index in [1.165, 1.54) is 0 Å². The van der Waals surface area contributed by atoms with Crippen LogP contribution >= 0.6 is 11.6 Å². The molecule has 1 aliphatic heterocycles. The molecule has 138 valence electrons. The van der Waals surface area contributed by atoms with Crippen molar-refractivity contribution in [3.05, 3.63) is 88.7 Å². The smallest absolute Gasteiger partial charge is 0.254 e. The molecular formula is C21H20ClN3O2. The van der Waals surface area contributed by atoms with Crippen molar-refractivity contribution >= 4 is 17.5 Å². The number of aromatic nitrogens is 2. The molecule has 1 atom stereocenters. The number of halogens is 1. The average molecular weight is 382 g/mol. The van der Waals surface area contributed by atoms with Crippen LogP contribution in [-0.2, 0) is 11.3 Å². The molecule has 0 aliphatic carbocycles. The molecule has 1 aromatic heterocycles. The Balaban J connectivity index is 1.43. The van der Waals surface area contributed by atoms with Gasteiger partial charge in [-0.15, -0.1) is 0 Å². The zero-order chi connectivity index (χ0) is 18.6. The minimum atomic E-state index is -0.126. The van der Waals surface area contributed by atoms with Crippen LogP contribution < -0.4 is 0 Å². The predicted molar refractivity (Wildman–Crippen MR) is 104 cm³/mol. The van der Waals surface area contributed by atoms with Crippen molar-refractivity contribution in [2.75, 3.05) is 19.7 Å². The molecule has 1 fully saturated rings. The summed E-state index contributed by atoms with van der Waals surface area (Å²) >= 11 is 5.96. The molecule has 27 heavy (non-hydrogen) atoms. The summed E-state index contributed by atoms with van der Waals surface area (Å²) in [5.41, 5.74) is 2.83.